The van der Waals surface area contributed by atoms with Gasteiger partial charge < -0.3 is 10.1 Å². The maximum Gasteiger partial charge on any atom is 0.272 e. The number of halogens is 1. The minimum Gasteiger partial charge on any atom is -0.373 e. The zero-order chi connectivity index (χ0) is 14.8. The Labute approximate surface area is 118 Å². The van der Waals surface area contributed by atoms with E-state index in [4.69, 9.17) is 4.74 Å². The first-order chi connectivity index (χ1) is 9.35. The number of aromatic amines is 1. The summed E-state index contributed by atoms with van der Waals surface area (Å²) in [6.07, 6.45) is 4.77. The SMILES string of the molecule is CC(C)(C)OC1CCC(NC(=O)c2[nH]ncc2F)CC1. The number of carbonyl (C=O) groups excluding carboxylic acids is 1. The number of nitrogens with zero attached hydrogens (tertiary/aromatic N) is 1. The van der Waals surface area contributed by atoms with Crippen molar-refractivity contribution < 1.29 is 13.9 Å². The van der Waals surface area contributed by atoms with E-state index in [0.717, 1.165) is 31.9 Å². The molecule has 0 saturated heterocycles. The molecule has 1 aliphatic rings. The Bertz CT molecular complexity index is 459. The molecule has 2 N–H and O–H groups in total. The summed E-state index contributed by atoms with van der Waals surface area (Å²) < 4.78 is 19.2. The van der Waals surface area contributed by atoms with Crippen LogP contribution in [-0.4, -0.2) is 33.9 Å². The van der Waals surface area contributed by atoms with Gasteiger partial charge >= 0.3 is 0 Å². The third-order valence-electron chi connectivity index (χ3n) is 3.35. The van der Waals surface area contributed by atoms with E-state index < -0.39 is 11.7 Å². The Hall–Kier alpha value is -1.43. The molecule has 20 heavy (non-hydrogen) atoms. The Morgan fingerprint density at radius 3 is 2.55 bits per heavy atom. The molecule has 0 aliphatic heterocycles. The van der Waals surface area contributed by atoms with Crippen molar-refractivity contribution in [2.24, 2.45) is 0 Å². The first-order valence-corrected chi connectivity index (χ1v) is 7.03. The van der Waals surface area contributed by atoms with Gasteiger partial charge in [0.15, 0.2) is 11.5 Å². The number of hydrogen-bond donors (Lipinski definition) is 2. The monoisotopic (exact) mass is 283 g/mol. The Morgan fingerprint density at radius 1 is 1.40 bits per heavy atom. The van der Waals surface area contributed by atoms with E-state index in [1.165, 1.54) is 0 Å². The topological polar surface area (TPSA) is 67.0 Å². The van der Waals surface area contributed by atoms with Crippen LogP contribution in [0.15, 0.2) is 6.20 Å². The summed E-state index contributed by atoms with van der Waals surface area (Å²) in [6, 6.07) is 0.0741. The van der Waals surface area contributed by atoms with Crippen LogP contribution >= 0.6 is 0 Å². The zero-order valence-electron chi connectivity index (χ0n) is 12.2. The summed E-state index contributed by atoms with van der Waals surface area (Å²) in [5, 5.41) is 8.72. The van der Waals surface area contributed by atoms with Crippen molar-refractivity contribution in [3.63, 3.8) is 0 Å². The summed E-state index contributed by atoms with van der Waals surface area (Å²) in [5.41, 5.74) is -0.238. The summed E-state index contributed by atoms with van der Waals surface area (Å²) in [5.74, 6) is -1.05. The maximum atomic E-state index is 13.2. The standard InChI is InChI=1S/C14H22FN3O2/c1-14(2,3)20-10-6-4-9(5-7-10)17-13(19)12-11(15)8-16-18-12/h8-10H,4-7H2,1-3H3,(H,16,18)(H,17,19). The van der Waals surface area contributed by atoms with Crippen molar-refractivity contribution in [1.29, 1.82) is 0 Å². The molecule has 2 rings (SSSR count). The van der Waals surface area contributed by atoms with Crippen molar-refractivity contribution in [1.82, 2.24) is 15.5 Å². The lowest BCUT2D eigenvalue weighted by atomic mass is 9.92. The minimum atomic E-state index is -0.618. The molecule has 0 spiro atoms. The number of hydrogen-bond acceptors (Lipinski definition) is 3. The van der Waals surface area contributed by atoms with Gasteiger partial charge in [-0.1, -0.05) is 0 Å². The molecular weight excluding hydrogens is 261 g/mol. The lowest BCUT2D eigenvalue weighted by Gasteiger charge is -2.33. The predicted molar refractivity (Wildman–Crippen MR) is 72.9 cm³/mol. The fourth-order valence-corrected chi connectivity index (χ4v) is 2.51. The van der Waals surface area contributed by atoms with E-state index in [1.807, 2.05) is 20.8 Å². The van der Waals surface area contributed by atoms with Crippen LogP contribution in [0.3, 0.4) is 0 Å². The Kier molecular flexibility index (Phi) is 4.42. The average Bonchev–Trinajstić information content (AvgIpc) is 2.76. The van der Waals surface area contributed by atoms with Gasteiger partial charge in [-0.05, 0) is 46.5 Å². The number of ether oxygens (including phenoxy) is 1. The molecule has 0 radical (unpaired) electrons. The van der Waals surface area contributed by atoms with Crippen molar-refractivity contribution in [3.05, 3.63) is 17.7 Å². The molecule has 1 saturated carbocycles. The van der Waals surface area contributed by atoms with Crippen LogP contribution in [0.1, 0.15) is 56.9 Å². The van der Waals surface area contributed by atoms with E-state index in [1.54, 1.807) is 0 Å². The molecule has 1 aliphatic carbocycles. The normalized spacial score (nSPS) is 23.6. The van der Waals surface area contributed by atoms with E-state index in [-0.39, 0.29) is 23.4 Å². The summed E-state index contributed by atoms with van der Waals surface area (Å²) >= 11 is 0. The van der Waals surface area contributed by atoms with Crippen LogP contribution in [0.25, 0.3) is 0 Å². The number of carbonyl (C=O) groups is 1. The molecule has 0 unspecified atom stereocenters. The minimum absolute atomic E-state index is 0.0741. The highest BCUT2D eigenvalue weighted by atomic mass is 19.1. The van der Waals surface area contributed by atoms with Gasteiger partial charge in [-0.25, -0.2) is 4.39 Å². The highest BCUT2D eigenvalue weighted by molar-refractivity contribution is 5.92. The van der Waals surface area contributed by atoms with Crippen LogP contribution in [0.4, 0.5) is 4.39 Å². The molecule has 112 valence electrons. The first kappa shape index (κ1) is 15.0. The molecule has 1 amide bonds. The van der Waals surface area contributed by atoms with Crippen LogP contribution in [0.5, 0.6) is 0 Å². The molecule has 6 heteroatoms. The summed E-state index contributed by atoms with van der Waals surface area (Å²) in [4.78, 5) is 11.9. The quantitative estimate of drug-likeness (QED) is 0.895. The molecule has 0 aromatic carbocycles. The van der Waals surface area contributed by atoms with E-state index >= 15 is 0 Å². The summed E-state index contributed by atoms with van der Waals surface area (Å²) in [6.45, 7) is 6.13. The Morgan fingerprint density at radius 2 is 2.05 bits per heavy atom. The molecule has 1 fully saturated rings. The number of rotatable bonds is 3. The number of aromatic nitrogens is 2. The van der Waals surface area contributed by atoms with Gasteiger partial charge in [0.1, 0.15) is 0 Å². The smallest absolute Gasteiger partial charge is 0.272 e. The van der Waals surface area contributed by atoms with Crippen LogP contribution in [-0.2, 0) is 4.74 Å². The van der Waals surface area contributed by atoms with Crippen LogP contribution in [0, 0.1) is 5.82 Å². The number of nitrogens with one attached hydrogen (secondary N) is 2. The molecule has 1 heterocycles. The lowest BCUT2D eigenvalue weighted by molar-refractivity contribution is -0.0757. The van der Waals surface area contributed by atoms with Gasteiger partial charge in [0.05, 0.1) is 17.9 Å². The second-order valence-corrected chi connectivity index (χ2v) is 6.27. The molecule has 0 atom stereocenters. The third-order valence-corrected chi connectivity index (χ3v) is 3.35. The second kappa shape index (κ2) is 5.91. The second-order valence-electron chi connectivity index (χ2n) is 6.27. The van der Waals surface area contributed by atoms with Gasteiger partial charge in [-0.2, -0.15) is 5.10 Å². The van der Waals surface area contributed by atoms with E-state index in [2.05, 4.69) is 15.5 Å². The fraction of sp³-hybridized carbons (Fsp3) is 0.714. The highest BCUT2D eigenvalue weighted by Gasteiger charge is 2.27. The molecule has 0 bridgehead atoms. The number of amides is 1. The van der Waals surface area contributed by atoms with Gasteiger partial charge in [0.25, 0.3) is 5.91 Å². The van der Waals surface area contributed by atoms with Crippen molar-refractivity contribution in [2.75, 3.05) is 0 Å². The van der Waals surface area contributed by atoms with E-state index in [0.29, 0.717) is 0 Å². The zero-order valence-corrected chi connectivity index (χ0v) is 12.2. The van der Waals surface area contributed by atoms with Crippen molar-refractivity contribution in [2.45, 2.75) is 64.2 Å². The molecular formula is C14H22FN3O2. The van der Waals surface area contributed by atoms with Gasteiger partial charge in [0.2, 0.25) is 0 Å². The fourth-order valence-electron chi connectivity index (χ4n) is 2.51. The van der Waals surface area contributed by atoms with Gasteiger partial charge in [-0.15, -0.1) is 0 Å². The predicted octanol–water partition coefficient (Wildman–Crippen LogP) is 2.40. The highest BCUT2D eigenvalue weighted by Crippen LogP contribution is 2.25. The van der Waals surface area contributed by atoms with Crippen molar-refractivity contribution in [3.8, 4) is 0 Å². The summed E-state index contributed by atoms with van der Waals surface area (Å²) in [7, 11) is 0. The van der Waals surface area contributed by atoms with E-state index in [9.17, 15) is 9.18 Å². The average molecular weight is 283 g/mol. The van der Waals surface area contributed by atoms with Crippen LogP contribution < -0.4 is 5.32 Å². The third kappa shape index (κ3) is 4.03. The molecule has 1 aromatic rings. The van der Waals surface area contributed by atoms with Crippen molar-refractivity contribution >= 4 is 5.91 Å². The Balaban J connectivity index is 1.80. The maximum absolute atomic E-state index is 13.2. The first-order valence-electron chi connectivity index (χ1n) is 7.03. The molecule has 1 aromatic heterocycles. The molecule has 5 nitrogen and oxygen atoms in total. The number of H-pyrrole nitrogens is 1. The van der Waals surface area contributed by atoms with Gasteiger partial charge in [-0.3, -0.25) is 9.89 Å². The largest absolute Gasteiger partial charge is 0.373 e. The lowest BCUT2D eigenvalue weighted by Crippen LogP contribution is -2.40. The van der Waals surface area contributed by atoms with Gasteiger partial charge in [0, 0.05) is 6.04 Å². The van der Waals surface area contributed by atoms with Crippen LogP contribution in [0.2, 0.25) is 0 Å².